The Morgan fingerprint density at radius 2 is 1.74 bits per heavy atom. The van der Waals surface area contributed by atoms with Crippen LogP contribution in [0.2, 0.25) is 0 Å². The smallest absolute Gasteiger partial charge is 0.307 e. The number of amides is 1. The van der Waals surface area contributed by atoms with Gasteiger partial charge in [0.05, 0.1) is 11.8 Å². The molecule has 0 bridgehead atoms. The number of hydrogen-bond donors (Lipinski definition) is 1. The molecule has 1 amide bonds. The molecule has 19 heavy (non-hydrogen) atoms. The minimum Gasteiger partial charge on any atom is -0.481 e. The minimum atomic E-state index is -0.794. The predicted molar refractivity (Wildman–Crippen MR) is 72.7 cm³/mol. The molecule has 0 spiro atoms. The molecule has 4 nitrogen and oxygen atoms in total. The van der Waals surface area contributed by atoms with E-state index in [1.54, 1.807) is 0 Å². The van der Waals surface area contributed by atoms with Crippen molar-refractivity contribution in [1.29, 1.82) is 0 Å². The van der Waals surface area contributed by atoms with E-state index in [1.165, 1.54) is 0 Å². The van der Waals surface area contributed by atoms with Crippen molar-refractivity contribution in [3.05, 3.63) is 0 Å². The number of likely N-dealkylation sites (tertiary alicyclic amines) is 1. The summed E-state index contributed by atoms with van der Waals surface area (Å²) in [6, 6.07) is 0.590. The number of aliphatic carboxylic acids is 1. The van der Waals surface area contributed by atoms with Gasteiger partial charge in [-0.1, -0.05) is 19.8 Å². The Bertz CT molecular complexity index is 355. The van der Waals surface area contributed by atoms with Crippen molar-refractivity contribution >= 4 is 11.9 Å². The van der Waals surface area contributed by atoms with Gasteiger partial charge in [0, 0.05) is 12.1 Å². The Kier molecular flexibility index (Phi) is 4.48. The highest BCUT2D eigenvalue weighted by atomic mass is 16.4. The molecule has 0 aromatic carbocycles. The summed E-state index contributed by atoms with van der Waals surface area (Å²) in [4.78, 5) is 26.1. The Balaban J connectivity index is 2.14. The van der Waals surface area contributed by atoms with Gasteiger partial charge in [0.1, 0.15) is 0 Å². The van der Waals surface area contributed by atoms with Crippen LogP contribution in [0.15, 0.2) is 0 Å². The number of carbonyl (C=O) groups excluding carboxylic acids is 1. The first-order valence-corrected chi connectivity index (χ1v) is 7.61. The molecule has 0 aromatic heterocycles. The molecule has 2 aliphatic rings. The Labute approximate surface area is 115 Å². The van der Waals surface area contributed by atoms with E-state index in [2.05, 4.69) is 13.8 Å². The van der Waals surface area contributed by atoms with E-state index in [0.29, 0.717) is 12.5 Å². The largest absolute Gasteiger partial charge is 0.481 e. The zero-order valence-electron chi connectivity index (χ0n) is 12.0. The summed E-state index contributed by atoms with van der Waals surface area (Å²) in [5.74, 6) is -1.45. The van der Waals surface area contributed by atoms with Crippen LogP contribution in [-0.2, 0) is 9.59 Å². The molecule has 1 aliphatic heterocycles. The van der Waals surface area contributed by atoms with E-state index in [4.69, 9.17) is 0 Å². The number of hydrogen-bond acceptors (Lipinski definition) is 2. The molecule has 0 radical (unpaired) electrons. The van der Waals surface area contributed by atoms with Gasteiger partial charge in [-0.25, -0.2) is 0 Å². The molecule has 1 heterocycles. The summed E-state index contributed by atoms with van der Waals surface area (Å²) in [5, 5.41) is 9.32. The van der Waals surface area contributed by atoms with Crippen LogP contribution >= 0.6 is 0 Å². The van der Waals surface area contributed by atoms with Crippen LogP contribution in [0.5, 0.6) is 0 Å². The van der Waals surface area contributed by atoms with Crippen molar-refractivity contribution < 1.29 is 14.7 Å². The van der Waals surface area contributed by atoms with Crippen LogP contribution in [0.25, 0.3) is 0 Å². The van der Waals surface area contributed by atoms with Crippen LogP contribution < -0.4 is 0 Å². The third-order valence-electron chi connectivity index (χ3n) is 4.91. The van der Waals surface area contributed by atoms with Crippen LogP contribution in [0.1, 0.15) is 58.8 Å². The molecule has 0 aromatic rings. The van der Waals surface area contributed by atoms with Crippen molar-refractivity contribution in [1.82, 2.24) is 4.90 Å². The summed E-state index contributed by atoms with van der Waals surface area (Å²) in [6.45, 7) is 4.20. The lowest BCUT2D eigenvalue weighted by atomic mass is 9.78. The molecule has 2 fully saturated rings. The third-order valence-corrected chi connectivity index (χ3v) is 4.91. The molecule has 4 heteroatoms. The summed E-state index contributed by atoms with van der Waals surface area (Å²) >= 11 is 0. The predicted octanol–water partition coefficient (Wildman–Crippen LogP) is 2.67. The van der Waals surface area contributed by atoms with Gasteiger partial charge < -0.3 is 10.0 Å². The van der Waals surface area contributed by atoms with Crippen LogP contribution in [0.4, 0.5) is 0 Å². The zero-order chi connectivity index (χ0) is 14.0. The Morgan fingerprint density at radius 1 is 1.11 bits per heavy atom. The van der Waals surface area contributed by atoms with E-state index < -0.39 is 11.9 Å². The van der Waals surface area contributed by atoms with Gasteiger partial charge in [-0.2, -0.15) is 0 Å². The normalized spacial score (nSPS) is 35.4. The molecule has 1 saturated carbocycles. The van der Waals surface area contributed by atoms with E-state index in [1.807, 2.05) is 4.90 Å². The van der Waals surface area contributed by atoms with Gasteiger partial charge in [0.2, 0.25) is 5.91 Å². The number of rotatable bonds is 3. The van der Waals surface area contributed by atoms with Gasteiger partial charge in [0.25, 0.3) is 0 Å². The van der Waals surface area contributed by atoms with Crippen molar-refractivity contribution in [2.24, 2.45) is 11.8 Å². The second-order valence-corrected chi connectivity index (χ2v) is 6.07. The monoisotopic (exact) mass is 267 g/mol. The summed E-state index contributed by atoms with van der Waals surface area (Å²) in [5.41, 5.74) is 0. The quantitative estimate of drug-likeness (QED) is 0.855. The molecule has 2 rings (SSSR count). The number of carboxylic acids is 1. The molecular weight excluding hydrogens is 242 g/mol. The third kappa shape index (κ3) is 2.77. The first kappa shape index (κ1) is 14.4. The van der Waals surface area contributed by atoms with E-state index in [9.17, 15) is 14.7 Å². The molecule has 2 unspecified atom stereocenters. The second-order valence-electron chi connectivity index (χ2n) is 6.07. The van der Waals surface area contributed by atoms with E-state index >= 15 is 0 Å². The summed E-state index contributed by atoms with van der Waals surface area (Å²) < 4.78 is 0. The van der Waals surface area contributed by atoms with Gasteiger partial charge in [-0.05, 0) is 39.0 Å². The van der Waals surface area contributed by atoms with Gasteiger partial charge >= 0.3 is 5.97 Å². The number of nitrogens with zero attached hydrogens (tertiary/aromatic N) is 1. The average Bonchev–Trinajstić information content (AvgIpc) is 2.79. The molecule has 108 valence electrons. The maximum absolute atomic E-state index is 12.8. The van der Waals surface area contributed by atoms with Crippen LogP contribution in [0, 0.1) is 11.8 Å². The fraction of sp³-hybridized carbons (Fsp3) is 0.867. The highest BCUT2D eigenvalue weighted by molar-refractivity contribution is 5.85. The number of carbonyl (C=O) groups is 2. The first-order valence-electron chi connectivity index (χ1n) is 7.61. The minimum absolute atomic E-state index is 0.101. The fourth-order valence-corrected chi connectivity index (χ4v) is 3.78. The van der Waals surface area contributed by atoms with Crippen molar-refractivity contribution in [3.8, 4) is 0 Å². The van der Waals surface area contributed by atoms with Gasteiger partial charge in [0.15, 0.2) is 0 Å². The van der Waals surface area contributed by atoms with Gasteiger partial charge in [-0.3, -0.25) is 9.59 Å². The molecule has 1 N–H and O–H groups in total. The Hall–Kier alpha value is -1.06. The van der Waals surface area contributed by atoms with E-state index in [-0.39, 0.29) is 17.9 Å². The van der Waals surface area contributed by atoms with Crippen LogP contribution in [0.3, 0.4) is 0 Å². The zero-order valence-corrected chi connectivity index (χ0v) is 12.0. The SMILES string of the molecule is CCC1CCC(C)N1C(=O)[C@@H]1CCCC[C@@H]1C(=O)O. The molecular formula is C15H25NO3. The van der Waals surface area contributed by atoms with Crippen molar-refractivity contribution in [2.45, 2.75) is 70.9 Å². The van der Waals surface area contributed by atoms with Crippen LogP contribution in [-0.4, -0.2) is 34.0 Å². The lowest BCUT2D eigenvalue weighted by molar-refractivity contribution is -0.153. The maximum Gasteiger partial charge on any atom is 0.307 e. The maximum atomic E-state index is 12.8. The first-order chi connectivity index (χ1) is 9.06. The fourth-order valence-electron chi connectivity index (χ4n) is 3.78. The highest BCUT2D eigenvalue weighted by Gasteiger charge is 2.42. The second kappa shape index (κ2) is 5.93. The van der Waals surface area contributed by atoms with E-state index in [0.717, 1.165) is 38.5 Å². The molecule has 1 saturated heterocycles. The molecule has 4 atom stereocenters. The highest BCUT2D eigenvalue weighted by Crippen LogP contribution is 2.35. The van der Waals surface area contributed by atoms with Crippen molar-refractivity contribution in [3.63, 3.8) is 0 Å². The lowest BCUT2D eigenvalue weighted by Crippen LogP contribution is -2.47. The Morgan fingerprint density at radius 3 is 2.32 bits per heavy atom. The topological polar surface area (TPSA) is 57.6 Å². The van der Waals surface area contributed by atoms with Crippen molar-refractivity contribution in [2.75, 3.05) is 0 Å². The van der Waals surface area contributed by atoms with Gasteiger partial charge in [-0.15, -0.1) is 0 Å². The molecule has 1 aliphatic carbocycles. The summed E-state index contributed by atoms with van der Waals surface area (Å²) in [6.07, 6.45) is 6.41. The number of carboxylic acid groups (broad SMARTS) is 1. The lowest BCUT2D eigenvalue weighted by Gasteiger charge is -2.35. The summed E-state index contributed by atoms with van der Waals surface area (Å²) in [7, 11) is 0. The standard InChI is InChI=1S/C15H25NO3/c1-3-11-9-8-10(2)16(11)14(17)12-6-4-5-7-13(12)15(18)19/h10-13H,3-9H2,1-2H3,(H,18,19)/t10?,11?,12-,13+/m1/s1. The average molecular weight is 267 g/mol.